The number of hydrogen-bond acceptors (Lipinski definition) is 7. The van der Waals surface area contributed by atoms with Crippen molar-refractivity contribution in [2.45, 2.75) is 6.92 Å². The molecule has 31 heavy (non-hydrogen) atoms. The Kier molecular flexibility index (Phi) is 5.26. The van der Waals surface area contributed by atoms with Crippen LogP contribution in [0.1, 0.15) is 26.5 Å². The summed E-state index contributed by atoms with van der Waals surface area (Å²) in [5.41, 5.74) is 1.88. The molecule has 0 saturated carbocycles. The minimum Gasteiger partial charge on any atom is -0.497 e. The molecule has 0 aliphatic heterocycles. The second-order valence-corrected chi connectivity index (χ2v) is 7.57. The largest absolute Gasteiger partial charge is 0.497 e. The fourth-order valence-electron chi connectivity index (χ4n) is 3.21. The predicted molar refractivity (Wildman–Crippen MR) is 118 cm³/mol. The lowest BCUT2D eigenvalue weighted by Crippen LogP contribution is -2.05. The van der Waals surface area contributed by atoms with Crippen LogP contribution in [0.4, 0.5) is 11.5 Å². The topological polar surface area (TPSA) is 122 Å². The van der Waals surface area contributed by atoms with Gasteiger partial charge < -0.3 is 20.3 Å². The first-order valence-electron chi connectivity index (χ1n) is 9.14. The van der Waals surface area contributed by atoms with Crippen molar-refractivity contribution >= 4 is 45.0 Å². The zero-order valence-electron chi connectivity index (χ0n) is 16.5. The number of methoxy groups -OCH3 is 1. The molecular weight excluding hydrogens is 418 g/mol. The van der Waals surface area contributed by atoms with E-state index in [0.29, 0.717) is 17.3 Å². The average Bonchev–Trinajstić information content (AvgIpc) is 3.17. The van der Waals surface area contributed by atoms with Gasteiger partial charge in [-0.1, -0.05) is 12.1 Å². The van der Waals surface area contributed by atoms with Crippen molar-refractivity contribution in [2.24, 2.45) is 0 Å². The van der Waals surface area contributed by atoms with Gasteiger partial charge in [0.15, 0.2) is 0 Å². The highest BCUT2D eigenvalue weighted by atomic mass is 32.1. The number of nitrogens with zero attached hydrogens (tertiary/aromatic N) is 2. The molecule has 9 heteroatoms. The number of aromatic nitrogens is 2. The standard InChI is InChI=1S/C22H17N3O5S/c1-11-23-19(25-15-8-13(21(26)27)7-14(9-15)22(28)29)18-17(10-31-20(18)24-11)12-3-5-16(30-2)6-4-12/h3-10H,1-2H3,(H,26,27)(H,28,29)(H,23,24,25). The van der Waals surface area contributed by atoms with Crippen LogP contribution in [0.2, 0.25) is 0 Å². The Bertz CT molecular complexity index is 1280. The Morgan fingerprint density at radius 1 is 1.00 bits per heavy atom. The molecule has 3 N–H and O–H groups in total. The number of anilines is 2. The highest BCUT2D eigenvalue weighted by Crippen LogP contribution is 2.38. The third-order valence-electron chi connectivity index (χ3n) is 4.64. The molecule has 0 radical (unpaired) electrons. The summed E-state index contributed by atoms with van der Waals surface area (Å²) >= 11 is 1.46. The summed E-state index contributed by atoms with van der Waals surface area (Å²) in [5.74, 6) is -0.700. The number of hydrogen-bond donors (Lipinski definition) is 3. The van der Waals surface area contributed by atoms with Crippen LogP contribution < -0.4 is 10.1 Å². The van der Waals surface area contributed by atoms with Crippen LogP contribution in [0.15, 0.2) is 47.8 Å². The van der Waals surface area contributed by atoms with Crippen LogP contribution in [0.3, 0.4) is 0 Å². The van der Waals surface area contributed by atoms with Crippen molar-refractivity contribution in [1.29, 1.82) is 0 Å². The van der Waals surface area contributed by atoms with Gasteiger partial charge in [-0.2, -0.15) is 0 Å². The quantitative estimate of drug-likeness (QED) is 0.394. The van der Waals surface area contributed by atoms with E-state index < -0.39 is 11.9 Å². The van der Waals surface area contributed by atoms with Gasteiger partial charge in [0.2, 0.25) is 0 Å². The van der Waals surface area contributed by atoms with Gasteiger partial charge >= 0.3 is 11.9 Å². The van der Waals surface area contributed by atoms with E-state index >= 15 is 0 Å². The average molecular weight is 435 g/mol. The molecule has 0 bridgehead atoms. The molecule has 4 rings (SSSR count). The Morgan fingerprint density at radius 3 is 2.23 bits per heavy atom. The molecule has 156 valence electrons. The number of benzene rings is 2. The molecule has 0 unspecified atom stereocenters. The maximum Gasteiger partial charge on any atom is 0.335 e. The smallest absolute Gasteiger partial charge is 0.335 e. The van der Waals surface area contributed by atoms with E-state index in [-0.39, 0.29) is 11.1 Å². The summed E-state index contributed by atoms with van der Waals surface area (Å²) in [6, 6.07) is 11.4. The summed E-state index contributed by atoms with van der Waals surface area (Å²) in [5, 5.41) is 24.5. The molecule has 0 atom stereocenters. The fraction of sp³-hybridized carbons (Fsp3) is 0.0909. The number of thiophene rings is 1. The Morgan fingerprint density at radius 2 is 1.65 bits per heavy atom. The number of nitrogens with one attached hydrogen (secondary N) is 1. The Hall–Kier alpha value is -3.98. The monoisotopic (exact) mass is 435 g/mol. The van der Waals surface area contributed by atoms with E-state index in [9.17, 15) is 19.8 Å². The zero-order chi connectivity index (χ0) is 22.1. The van der Waals surface area contributed by atoms with E-state index in [2.05, 4.69) is 15.3 Å². The predicted octanol–water partition coefficient (Wildman–Crippen LogP) is 4.82. The molecule has 0 spiro atoms. The SMILES string of the molecule is COc1ccc(-c2csc3nc(C)nc(Nc4cc(C(=O)O)cc(C(=O)O)c4)c23)cc1. The summed E-state index contributed by atoms with van der Waals surface area (Å²) < 4.78 is 5.22. The molecule has 0 aliphatic carbocycles. The molecule has 0 amide bonds. The van der Waals surface area contributed by atoms with Gasteiger partial charge in [0.05, 0.1) is 23.6 Å². The van der Waals surface area contributed by atoms with Crippen molar-refractivity contribution in [2.75, 3.05) is 12.4 Å². The van der Waals surface area contributed by atoms with E-state index in [1.165, 1.54) is 23.5 Å². The first-order chi connectivity index (χ1) is 14.9. The number of aromatic carboxylic acids is 2. The van der Waals surface area contributed by atoms with Crippen LogP contribution in [-0.4, -0.2) is 39.2 Å². The van der Waals surface area contributed by atoms with Gasteiger partial charge in [0, 0.05) is 16.6 Å². The first-order valence-corrected chi connectivity index (χ1v) is 10.0. The molecule has 4 aromatic rings. The molecular formula is C22H17N3O5S. The minimum atomic E-state index is -1.22. The molecule has 2 aromatic heterocycles. The maximum atomic E-state index is 11.4. The number of carbonyl (C=O) groups is 2. The number of ether oxygens (including phenoxy) is 1. The van der Waals surface area contributed by atoms with Gasteiger partial charge in [-0.15, -0.1) is 11.3 Å². The second kappa shape index (κ2) is 8.04. The van der Waals surface area contributed by atoms with Crippen molar-refractivity contribution in [3.8, 4) is 16.9 Å². The highest BCUT2D eigenvalue weighted by Gasteiger charge is 2.17. The lowest BCUT2D eigenvalue weighted by atomic mass is 10.1. The van der Waals surface area contributed by atoms with Crippen LogP contribution in [0.5, 0.6) is 5.75 Å². The van der Waals surface area contributed by atoms with Crippen molar-refractivity contribution in [1.82, 2.24) is 9.97 Å². The molecule has 2 aromatic carbocycles. The van der Waals surface area contributed by atoms with Crippen LogP contribution >= 0.6 is 11.3 Å². The number of carboxylic acids is 2. The van der Waals surface area contributed by atoms with Crippen LogP contribution in [0.25, 0.3) is 21.3 Å². The Balaban J connectivity index is 1.85. The van der Waals surface area contributed by atoms with Crippen molar-refractivity contribution in [3.63, 3.8) is 0 Å². The molecule has 0 fully saturated rings. The molecule has 0 aliphatic rings. The lowest BCUT2D eigenvalue weighted by molar-refractivity contribution is 0.0696. The minimum absolute atomic E-state index is 0.134. The Labute approximate surface area is 180 Å². The number of rotatable bonds is 6. The normalized spacial score (nSPS) is 10.8. The number of aryl methyl sites for hydroxylation is 1. The molecule has 8 nitrogen and oxygen atoms in total. The van der Waals surface area contributed by atoms with E-state index in [4.69, 9.17) is 4.74 Å². The first kappa shape index (κ1) is 20.3. The van der Waals surface area contributed by atoms with E-state index in [0.717, 1.165) is 33.2 Å². The maximum absolute atomic E-state index is 11.4. The van der Waals surface area contributed by atoms with Crippen LogP contribution in [0, 0.1) is 6.92 Å². The number of fused-ring (bicyclic) bond motifs is 1. The third-order valence-corrected chi connectivity index (χ3v) is 5.51. The third kappa shape index (κ3) is 4.03. The summed E-state index contributed by atoms with van der Waals surface area (Å²) in [6.45, 7) is 1.76. The summed E-state index contributed by atoms with van der Waals surface area (Å²) in [6.07, 6.45) is 0. The van der Waals surface area contributed by atoms with Gasteiger partial charge in [0.1, 0.15) is 22.2 Å². The number of carboxylic acid groups (broad SMARTS) is 2. The summed E-state index contributed by atoms with van der Waals surface area (Å²) in [7, 11) is 1.60. The second-order valence-electron chi connectivity index (χ2n) is 6.71. The van der Waals surface area contributed by atoms with Gasteiger partial charge in [-0.25, -0.2) is 19.6 Å². The molecule has 2 heterocycles. The highest BCUT2D eigenvalue weighted by molar-refractivity contribution is 7.17. The fourth-order valence-corrected chi connectivity index (χ4v) is 4.20. The summed E-state index contributed by atoms with van der Waals surface area (Å²) in [4.78, 5) is 32.6. The van der Waals surface area contributed by atoms with Crippen LogP contribution in [-0.2, 0) is 0 Å². The lowest BCUT2D eigenvalue weighted by Gasteiger charge is -2.11. The van der Waals surface area contributed by atoms with E-state index in [1.807, 2.05) is 29.6 Å². The zero-order valence-corrected chi connectivity index (χ0v) is 17.4. The van der Waals surface area contributed by atoms with Gasteiger partial charge in [0.25, 0.3) is 0 Å². The molecule has 0 saturated heterocycles. The van der Waals surface area contributed by atoms with Crippen molar-refractivity contribution < 1.29 is 24.5 Å². The van der Waals surface area contributed by atoms with Crippen molar-refractivity contribution in [3.05, 3.63) is 64.8 Å². The van der Waals surface area contributed by atoms with E-state index in [1.54, 1.807) is 14.0 Å². The van der Waals surface area contributed by atoms with Gasteiger partial charge in [-0.3, -0.25) is 0 Å². The van der Waals surface area contributed by atoms with Gasteiger partial charge in [-0.05, 0) is 42.8 Å².